The minimum absolute atomic E-state index is 0.287. The summed E-state index contributed by atoms with van der Waals surface area (Å²) < 4.78 is 5.05. The fourth-order valence-corrected chi connectivity index (χ4v) is 1.55. The van der Waals surface area contributed by atoms with Crippen LogP contribution in [0.5, 0.6) is 5.75 Å². The number of amides is 2. The van der Waals surface area contributed by atoms with Crippen molar-refractivity contribution in [3.63, 3.8) is 0 Å². The lowest BCUT2D eigenvalue weighted by molar-refractivity contribution is 0.250. The smallest absolute Gasteiger partial charge is 0.324 e. The number of carbonyl (C=O) groups excluding carboxylic acids is 1. The van der Waals surface area contributed by atoms with Gasteiger partial charge in [-0.25, -0.2) is 4.79 Å². The molecule has 1 aromatic carbocycles. The molecule has 0 aromatic heterocycles. The zero-order valence-corrected chi connectivity index (χ0v) is 9.43. The van der Waals surface area contributed by atoms with Gasteiger partial charge in [0.15, 0.2) is 0 Å². The Balaban J connectivity index is 2.22. The summed E-state index contributed by atoms with van der Waals surface area (Å²) in [5, 5.41) is 5.12. The SMILES string of the molecule is COc1ccc(/C=C2\NC(=O)NC2=S)cc1. The van der Waals surface area contributed by atoms with Crippen molar-refractivity contribution >= 4 is 29.3 Å². The summed E-state index contributed by atoms with van der Waals surface area (Å²) in [6.45, 7) is 0. The lowest BCUT2D eigenvalue weighted by Crippen LogP contribution is -2.21. The van der Waals surface area contributed by atoms with Crippen molar-refractivity contribution in [3.05, 3.63) is 35.5 Å². The summed E-state index contributed by atoms with van der Waals surface area (Å²) in [6.07, 6.45) is 1.81. The highest BCUT2D eigenvalue weighted by Crippen LogP contribution is 2.14. The van der Waals surface area contributed by atoms with Crippen LogP contribution in [0.3, 0.4) is 0 Å². The number of rotatable bonds is 2. The van der Waals surface area contributed by atoms with Crippen molar-refractivity contribution in [2.75, 3.05) is 7.11 Å². The molecule has 2 rings (SSSR count). The van der Waals surface area contributed by atoms with E-state index in [4.69, 9.17) is 17.0 Å². The lowest BCUT2D eigenvalue weighted by atomic mass is 10.2. The first-order valence-electron chi connectivity index (χ1n) is 4.67. The van der Waals surface area contributed by atoms with E-state index >= 15 is 0 Å². The van der Waals surface area contributed by atoms with Crippen molar-refractivity contribution in [3.8, 4) is 5.75 Å². The average Bonchev–Trinajstić information content (AvgIpc) is 2.59. The molecule has 82 valence electrons. The molecule has 0 saturated carbocycles. The quantitative estimate of drug-likeness (QED) is 0.604. The topological polar surface area (TPSA) is 50.4 Å². The van der Waals surface area contributed by atoms with Gasteiger partial charge >= 0.3 is 6.03 Å². The van der Waals surface area contributed by atoms with Crippen LogP contribution in [0.2, 0.25) is 0 Å². The van der Waals surface area contributed by atoms with Gasteiger partial charge in [0, 0.05) is 0 Å². The van der Waals surface area contributed by atoms with Crippen LogP contribution in [0, 0.1) is 0 Å². The molecule has 1 aliphatic heterocycles. The van der Waals surface area contributed by atoms with E-state index in [0.717, 1.165) is 11.3 Å². The Morgan fingerprint density at radius 2 is 1.94 bits per heavy atom. The third-order valence-electron chi connectivity index (χ3n) is 2.15. The number of nitrogens with one attached hydrogen (secondary N) is 2. The first kappa shape index (κ1) is 10.6. The monoisotopic (exact) mass is 234 g/mol. The van der Waals surface area contributed by atoms with Crippen LogP contribution in [-0.4, -0.2) is 18.1 Å². The summed E-state index contributed by atoms with van der Waals surface area (Å²) in [4.78, 5) is 11.4. The molecule has 1 aliphatic rings. The molecule has 0 aliphatic carbocycles. The first-order chi connectivity index (χ1) is 7.69. The number of carbonyl (C=O) groups is 1. The van der Waals surface area contributed by atoms with Crippen LogP contribution < -0.4 is 15.4 Å². The molecule has 1 aromatic rings. The van der Waals surface area contributed by atoms with Crippen LogP contribution in [0.15, 0.2) is 30.0 Å². The second-order valence-electron chi connectivity index (χ2n) is 3.24. The second-order valence-corrected chi connectivity index (χ2v) is 3.65. The Morgan fingerprint density at radius 1 is 1.25 bits per heavy atom. The Kier molecular flexibility index (Phi) is 2.87. The summed E-state index contributed by atoms with van der Waals surface area (Å²) in [5.41, 5.74) is 1.56. The number of hydrogen-bond donors (Lipinski definition) is 2. The molecule has 16 heavy (non-hydrogen) atoms. The first-order valence-corrected chi connectivity index (χ1v) is 5.08. The largest absolute Gasteiger partial charge is 0.497 e. The normalized spacial score (nSPS) is 17.2. The van der Waals surface area contributed by atoms with E-state index in [-0.39, 0.29) is 6.03 Å². The van der Waals surface area contributed by atoms with Crippen molar-refractivity contribution in [1.82, 2.24) is 10.6 Å². The maximum Gasteiger partial charge on any atom is 0.324 e. The molecule has 1 heterocycles. The van der Waals surface area contributed by atoms with Gasteiger partial charge in [0.25, 0.3) is 0 Å². The predicted molar refractivity (Wildman–Crippen MR) is 65.2 cm³/mol. The highest BCUT2D eigenvalue weighted by molar-refractivity contribution is 7.80. The molecule has 2 N–H and O–H groups in total. The number of benzene rings is 1. The Bertz CT molecular complexity index is 465. The maximum atomic E-state index is 11.0. The standard InChI is InChI=1S/C11H10N2O2S/c1-15-8-4-2-7(3-5-8)6-9-10(16)13-11(14)12-9/h2-6H,1H3,(H2,12,13,14,16)/b9-6-. The number of thiocarbonyl (C=S) groups is 1. The fourth-order valence-electron chi connectivity index (χ4n) is 1.35. The van der Waals surface area contributed by atoms with E-state index in [1.807, 2.05) is 24.3 Å². The maximum absolute atomic E-state index is 11.0. The molecular weight excluding hydrogens is 224 g/mol. The van der Waals surface area contributed by atoms with Gasteiger partial charge in [-0.3, -0.25) is 5.32 Å². The van der Waals surface area contributed by atoms with Crippen LogP contribution >= 0.6 is 12.2 Å². The molecule has 2 amide bonds. The van der Waals surface area contributed by atoms with E-state index in [1.54, 1.807) is 13.2 Å². The molecule has 4 nitrogen and oxygen atoms in total. The zero-order chi connectivity index (χ0) is 11.5. The number of methoxy groups -OCH3 is 1. The number of ether oxygens (including phenoxy) is 1. The molecule has 0 radical (unpaired) electrons. The van der Waals surface area contributed by atoms with Crippen LogP contribution in [-0.2, 0) is 0 Å². The lowest BCUT2D eigenvalue weighted by Gasteiger charge is -2.00. The third-order valence-corrected chi connectivity index (χ3v) is 2.47. The summed E-state index contributed by atoms with van der Waals surface area (Å²) in [5.74, 6) is 0.790. The number of urea groups is 1. The molecule has 0 atom stereocenters. The molecule has 5 heteroatoms. The predicted octanol–water partition coefficient (Wildman–Crippen LogP) is 1.68. The highest BCUT2D eigenvalue weighted by atomic mass is 32.1. The van der Waals surface area contributed by atoms with Crippen molar-refractivity contribution in [1.29, 1.82) is 0 Å². The minimum atomic E-state index is -0.287. The van der Waals surface area contributed by atoms with Gasteiger partial charge in [-0.05, 0) is 23.8 Å². The van der Waals surface area contributed by atoms with Gasteiger partial charge in [-0.2, -0.15) is 0 Å². The Hall–Kier alpha value is -1.88. The van der Waals surface area contributed by atoms with Crippen LogP contribution in [0.25, 0.3) is 6.08 Å². The Labute approximate surface area is 98.3 Å². The molecule has 0 unspecified atom stereocenters. The average molecular weight is 234 g/mol. The van der Waals surface area contributed by atoms with Gasteiger partial charge < -0.3 is 10.1 Å². The van der Waals surface area contributed by atoms with Gasteiger partial charge in [0.2, 0.25) is 0 Å². The molecular formula is C11H10N2O2S. The van der Waals surface area contributed by atoms with E-state index in [0.29, 0.717) is 10.7 Å². The van der Waals surface area contributed by atoms with Crippen LogP contribution in [0.1, 0.15) is 5.56 Å². The summed E-state index contributed by atoms with van der Waals surface area (Å²) >= 11 is 4.98. The van der Waals surface area contributed by atoms with Crippen molar-refractivity contribution < 1.29 is 9.53 Å². The van der Waals surface area contributed by atoms with E-state index in [2.05, 4.69) is 10.6 Å². The molecule has 1 saturated heterocycles. The van der Waals surface area contributed by atoms with Gasteiger partial charge in [-0.15, -0.1) is 0 Å². The molecule has 1 fully saturated rings. The van der Waals surface area contributed by atoms with Crippen molar-refractivity contribution in [2.24, 2.45) is 0 Å². The molecule has 0 spiro atoms. The minimum Gasteiger partial charge on any atom is -0.497 e. The molecule has 0 bridgehead atoms. The second kappa shape index (κ2) is 4.32. The third kappa shape index (κ3) is 2.20. The van der Waals surface area contributed by atoms with E-state index in [9.17, 15) is 4.79 Å². The van der Waals surface area contributed by atoms with Crippen molar-refractivity contribution in [2.45, 2.75) is 0 Å². The summed E-state index contributed by atoms with van der Waals surface area (Å²) in [6, 6.07) is 7.18. The fraction of sp³-hybridized carbons (Fsp3) is 0.0909. The highest BCUT2D eigenvalue weighted by Gasteiger charge is 2.18. The van der Waals surface area contributed by atoms with Gasteiger partial charge in [0.05, 0.1) is 12.8 Å². The van der Waals surface area contributed by atoms with E-state index in [1.165, 1.54) is 0 Å². The Morgan fingerprint density at radius 3 is 2.44 bits per heavy atom. The van der Waals surface area contributed by atoms with Crippen LogP contribution in [0.4, 0.5) is 4.79 Å². The van der Waals surface area contributed by atoms with E-state index < -0.39 is 0 Å². The van der Waals surface area contributed by atoms with Gasteiger partial charge in [-0.1, -0.05) is 24.4 Å². The number of hydrogen-bond acceptors (Lipinski definition) is 3. The summed E-state index contributed by atoms with van der Waals surface area (Å²) in [7, 11) is 1.61. The van der Waals surface area contributed by atoms with Gasteiger partial charge in [0.1, 0.15) is 10.7 Å². The zero-order valence-electron chi connectivity index (χ0n) is 8.61.